The fourth-order valence-electron chi connectivity index (χ4n) is 3.39. The van der Waals surface area contributed by atoms with Crippen LogP contribution in [0, 0.1) is 0 Å². The fraction of sp³-hybridized carbons (Fsp3) is 0.500. The number of hydrogen-bond donors (Lipinski definition) is 2. The van der Waals surface area contributed by atoms with Gasteiger partial charge in [0.05, 0.1) is 5.69 Å². The van der Waals surface area contributed by atoms with E-state index in [-0.39, 0.29) is 18.3 Å². The lowest BCUT2D eigenvalue weighted by molar-refractivity contribution is -0.121. The van der Waals surface area contributed by atoms with Crippen LogP contribution in [0.1, 0.15) is 31.2 Å². The van der Waals surface area contributed by atoms with E-state index in [9.17, 15) is 4.79 Å². The van der Waals surface area contributed by atoms with Crippen molar-refractivity contribution in [2.75, 3.05) is 19.6 Å². The summed E-state index contributed by atoms with van der Waals surface area (Å²) in [7, 11) is 0. The summed E-state index contributed by atoms with van der Waals surface area (Å²) in [6, 6.07) is 6.18. The lowest BCUT2D eigenvalue weighted by Gasteiger charge is -2.36. The van der Waals surface area contributed by atoms with Crippen LogP contribution in [0.5, 0.6) is 0 Å². The molecule has 3 N–H and O–H groups in total. The van der Waals surface area contributed by atoms with Crippen molar-refractivity contribution in [1.82, 2.24) is 25.0 Å². The molecule has 148 valence electrons. The summed E-state index contributed by atoms with van der Waals surface area (Å²) in [6.07, 6.45) is 7.00. The Morgan fingerprint density at radius 2 is 2.22 bits per heavy atom. The summed E-state index contributed by atoms with van der Waals surface area (Å²) in [6.45, 7) is 2.83. The number of hydrogen-bond acceptors (Lipinski definition) is 5. The van der Waals surface area contributed by atoms with Crippen LogP contribution < -0.4 is 11.1 Å². The maximum atomic E-state index is 11.8. The van der Waals surface area contributed by atoms with Crippen LogP contribution in [0.15, 0.2) is 30.9 Å². The smallest absolute Gasteiger partial charge is 0.221 e. The topological polar surface area (TPSA) is 89.1 Å². The Hall–Kier alpha value is -1.67. The Bertz CT molecular complexity index is 725. The lowest BCUT2D eigenvalue weighted by atomic mass is 10.0. The highest BCUT2D eigenvalue weighted by Gasteiger charge is 2.24. The summed E-state index contributed by atoms with van der Waals surface area (Å²) in [4.78, 5) is 18.2. The standard InChI is InChI=1S/C18H25ClN6O.ClH/c19-15-5-4-14(17(9-15)25-13-21-12-23-25)11-24-8-2-1-3-16(24)10-22-18(26)6-7-20;/h4-5,9,12-13,16H,1-3,6-8,10-11,20H2,(H,22,26);1H. The minimum Gasteiger partial charge on any atom is -0.354 e. The van der Waals surface area contributed by atoms with Gasteiger partial charge in [0, 0.05) is 37.1 Å². The van der Waals surface area contributed by atoms with Gasteiger partial charge < -0.3 is 11.1 Å². The molecule has 7 nitrogen and oxygen atoms in total. The van der Waals surface area contributed by atoms with Gasteiger partial charge in [0.15, 0.2) is 0 Å². The van der Waals surface area contributed by atoms with Gasteiger partial charge >= 0.3 is 0 Å². The zero-order valence-corrected chi connectivity index (χ0v) is 16.8. The number of nitrogens with two attached hydrogens (primary N) is 1. The number of carbonyl (C=O) groups is 1. The molecule has 0 saturated carbocycles. The van der Waals surface area contributed by atoms with E-state index in [1.807, 2.05) is 18.2 Å². The van der Waals surface area contributed by atoms with Crippen LogP contribution in [0.2, 0.25) is 5.02 Å². The highest BCUT2D eigenvalue weighted by atomic mass is 35.5. The monoisotopic (exact) mass is 412 g/mol. The molecule has 1 aliphatic rings. The third kappa shape index (κ3) is 5.90. The third-order valence-corrected chi connectivity index (χ3v) is 4.98. The SMILES string of the molecule is Cl.NCCC(=O)NCC1CCCCN1Cc1ccc(Cl)cc1-n1cncn1. The van der Waals surface area contributed by atoms with E-state index in [1.54, 1.807) is 11.0 Å². The molecule has 1 aromatic carbocycles. The predicted molar refractivity (Wildman–Crippen MR) is 108 cm³/mol. The molecule has 0 radical (unpaired) electrons. The van der Waals surface area contributed by atoms with E-state index >= 15 is 0 Å². The van der Waals surface area contributed by atoms with Gasteiger partial charge in [-0.2, -0.15) is 5.10 Å². The number of piperidine rings is 1. The lowest BCUT2D eigenvalue weighted by Crippen LogP contribution is -2.46. The molecule has 9 heteroatoms. The van der Waals surface area contributed by atoms with Gasteiger partial charge in [-0.25, -0.2) is 9.67 Å². The Balaban J connectivity index is 0.00000261. The molecule has 2 aromatic rings. The number of nitrogens with one attached hydrogen (secondary N) is 1. The minimum atomic E-state index is 0. The maximum Gasteiger partial charge on any atom is 0.221 e. The van der Waals surface area contributed by atoms with Gasteiger partial charge in [0.25, 0.3) is 0 Å². The molecular weight excluding hydrogens is 387 g/mol. The summed E-state index contributed by atoms with van der Waals surface area (Å²) in [5.74, 6) is 0.0211. The molecular formula is C18H26Cl2N6O. The van der Waals surface area contributed by atoms with Gasteiger partial charge in [-0.15, -0.1) is 12.4 Å². The van der Waals surface area contributed by atoms with Crippen molar-refractivity contribution in [2.45, 2.75) is 38.3 Å². The number of rotatable bonds is 7. The van der Waals surface area contributed by atoms with Gasteiger partial charge in [0.2, 0.25) is 5.91 Å². The summed E-state index contributed by atoms with van der Waals surface area (Å²) in [5, 5.41) is 7.92. The molecule has 1 saturated heterocycles. The third-order valence-electron chi connectivity index (χ3n) is 4.74. The molecule has 1 amide bonds. The number of nitrogens with zero attached hydrogens (tertiary/aromatic N) is 4. The van der Waals surface area contributed by atoms with Crippen molar-refractivity contribution < 1.29 is 4.79 Å². The molecule has 27 heavy (non-hydrogen) atoms. The second-order valence-electron chi connectivity index (χ2n) is 6.58. The van der Waals surface area contributed by atoms with E-state index in [1.165, 1.54) is 19.2 Å². The second-order valence-corrected chi connectivity index (χ2v) is 7.01. The van der Waals surface area contributed by atoms with E-state index in [2.05, 4.69) is 20.3 Å². The van der Waals surface area contributed by atoms with Crippen LogP contribution in [0.25, 0.3) is 5.69 Å². The van der Waals surface area contributed by atoms with E-state index in [4.69, 9.17) is 17.3 Å². The van der Waals surface area contributed by atoms with Gasteiger partial charge in [-0.3, -0.25) is 9.69 Å². The Labute approximate surface area is 170 Å². The number of carbonyl (C=O) groups excluding carboxylic acids is 1. The number of aromatic nitrogens is 3. The van der Waals surface area contributed by atoms with Gasteiger partial charge in [-0.1, -0.05) is 24.1 Å². The summed E-state index contributed by atoms with van der Waals surface area (Å²) < 4.78 is 1.74. The molecule has 0 spiro atoms. The second kappa shape index (κ2) is 10.6. The number of halogens is 2. The first-order valence-corrected chi connectivity index (χ1v) is 9.39. The van der Waals surface area contributed by atoms with Crippen LogP contribution in [-0.2, 0) is 11.3 Å². The molecule has 0 aliphatic carbocycles. The van der Waals surface area contributed by atoms with E-state index in [0.717, 1.165) is 30.8 Å². The largest absolute Gasteiger partial charge is 0.354 e. The van der Waals surface area contributed by atoms with Crippen molar-refractivity contribution in [2.24, 2.45) is 5.73 Å². The van der Waals surface area contributed by atoms with E-state index in [0.29, 0.717) is 30.6 Å². The first kappa shape index (κ1) is 21.6. The van der Waals surface area contributed by atoms with Crippen LogP contribution in [0.3, 0.4) is 0 Å². The molecule has 1 aliphatic heterocycles. The average molecular weight is 413 g/mol. The molecule has 1 unspecified atom stereocenters. The minimum absolute atomic E-state index is 0. The van der Waals surface area contributed by atoms with Crippen LogP contribution in [0.4, 0.5) is 0 Å². The fourth-order valence-corrected chi connectivity index (χ4v) is 3.55. The first-order valence-electron chi connectivity index (χ1n) is 9.01. The first-order chi connectivity index (χ1) is 12.7. The van der Waals surface area contributed by atoms with Crippen LogP contribution >= 0.6 is 24.0 Å². The zero-order valence-electron chi connectivity index (χ0n) is 15.2. The summed E-state index contributed by atoms with van der Waals surface area (Å²) in [5.41, 5.74) is 7.52. The normalized spacial score (nSPS) is 17.3. The molecule has 1 atom stereocenters. The van der Waals surface area contributed by atoms with E-state index < -0.39 is 0 Å². The van der Waals surface area contributed by atoms with Crippen molar-refractivity contribution >= 4 is 29.9 Å². The van der Waals surface area contributed by atoms with Gasteiger partial charge in [-0.05, 0) is 37.1 Å². The molecule has 2 heterocycles. The van der Waals surface area contributed by atoms with Crippen molar-refractivity contribution in [3.8, 4) is 5.69 Å². The number of benzene rings is 1. The highest BCUT2D eigenvalue weighted by molar-refractivity contribution is 6.30. The highest BCUT2D eigenvalue weighted by Crippen LogP contribution is 2.24. The zero-order chi connectivity index (χ0) is 18.4. The van der Waals surface area contributed by atoms with Crippen molar-refractivity contribution in [3.05, 3.63) is 41.4 Å². The molecule has 1 fully saturated rings. The Kier molecular flexibility index (Phi) is 8.50. The quantitative estimate of drug-likeness (QED) is 0.726. The maximum absolute atomic E-state index is 11.8. The Morgan fingerprint density at radius 3 is 2.96 bits per heavy atom. The predicted octanol–water partition coefficient (Wildman–Crippen LogP) is 2.16. The summed E-state index contributed by atoms with van der Waals surface area (Å²) >= 11 is 6.19. The Morgan fingerprint density at radius 1 is 1.37 bits per heavy atom. The van der Waals surface area contributed by atoms with Crippen LogP contribution in [-0.4, -0.2) is 51.2 Å². The number of likely N-dealkylation sites (tertiary alicyclic amines) is 1. The molecule has 1 aromatic heterocycles. The molecule has 3 rings (SSSR count). The van der Waals surface area contributed by atoms with Crippen molar-refractivity contribution in [1.29, 1.82) is 0 Å². The number of amides is 1. The molecule has 0 bridgehead atoms. The average Bonchev–Trinajstić information content (AvgIpc) is 3.17. The van der Waals surface area contributed by atoms with Gasteiger partial charge in [0.1, 0.15) is 12.7 Å². The van der Waals surface area contributed by atoms with Crippen molar-refractivity contribution in [3.63, 3.8) is 0 Å².